The average Bonchev–Trinajstić information content (AvgIpc) is 1.50. The summed E-state index contributed by atoms with van der Waals surface area (Å²) >= 11 is 7.28. The summed E-state index contributed by atoms with van der Waals surface area (Å²) in [6.07, 6.45) is 0. The molecule has 0 heterocycles. The summed E-state index contributed by atoms with van der Waals surface area (Å²) in [5.74, 6) is 0. The standard InChI is InChI=1S/2ClHO.ClH.2Cu/c2*1-2;;;/h2*2H;1H;;. The van der Waals surface area contributed by atoms with Crippen LogP contribution in [0.4, 0.5) is 0 Å². The summed E-state index contributed by atoms with van der Waals surface area (Å²) < 4.78 is 12.9. The van der Waals surface area contributed by atoms with Crippen LogP contribution in [0.2, 0.25) is 0 Å². The van der Waals surface area contributed by atoms with E-state index in [9.17, 15) is 0 Å². The van der Waals surface area contributed by atoms with Crippen LogP contribution >= 0.6 is 36.1 Å². The second-order valence-electron chi connectivity index (χ2n) is 0. The first kappa shape index (κ1) is 36.9. The van der Waals surface area contributed by atoms with Gasteiger partial charge in [-0.05, 0) is 0 Å². The molecule has 2 nitrogen and oxygen atoms in total. The average molecular weight is 268 g/mol. The van der Waals surface area contributed by atoms with E-state index in [1.165, 1.54) is 0 Å². The number of rotatable bonds is 0. The van der Waals surface area contributed by atoms with E-state index in [1.807, 2.05) is 0 Å². The molecule has 7 heavy (non-hydrogen) atoms. The molecule has 0 bridgehead atoms. The van der Waals surface area contributed by atoms with Crippen LogP contribution in [0.3, 0.4) is 0 Å². The molecule has 0 aliphatic heterocycles. The summed E-state index contributed by atoms with van der Waals surface area (Å²) in [6.45, 7) is 0. The Balaban J connectivity index is -0.00000000267. The van der Waals surface area contributed by atoms with Gasteiger partial charge in [0.25, 0.3) is 0 Å². The number of hydrogen-bond acceptors (Lipinski definition) is 2. The molecule has 0 atom stereocenters. The molecule has 0 spiro atoms. The summed E-state index contributed by atoms with van der Waals surface area (Å²) in [7, 11) is 0. The van der Waals surface area contributed by atoms with Crippen LogP contribution in [0.25, 0.3) is 0 Å². The van der Waals surface area contributed by atoms with Crippen molar-refractivity contribution in [2.24, 2.45) is 0 Å². The smallest absolute Gasteiger partial charge is 0.0579 e. The molecule has 7 heteroatoms. The first-order valence-corrected chi connectivity index (χ1v) is 1.01. The minimum Gasteiger partial charge on any atom is -0.295 e. The first-order chi connectivity index (χ1) is 2.00. The molecule has 2 N–H and O–H groups in total. The summed E-state index contributed by atoms with van der Waals surface area (Å²) in [5, 5.41) is 0. The van der Waals surface area contributed by atoms with Gasteiger partial charge in [-0.2, -0.15) is 0 Å². The van der Waals surface area contributed by atoms with E-state index in [4.69, 9.17) is 9.32 Å². The molecule has 58 valence electrons. The molecular formula is H3Cl3Cu2O2. The van der Waals surface area contributed by atoms with Crippen LogP contribution in [-0.2, 0) is 34.1 Å². The maximum atomic E-state index is 6.47. The zero-order valence-corrected chi connectivity index (χ0v) is 6.87. The molecular weight excluding hydrogens is 265 g/mol. The van der Waals surface area contributed by atoms with Gasteiger partial charge in [0, 0.05) is 34.1 Å². The Labute approximate surface area is 79.3 Å². The van der Waals surface area contributed by atoms with Gasteiger partial charge in [-0.3, -0.25) is 9.32 Å². The van der Waals surface area contributed by atoms with E-state index in [0.29, 0.717) is 0 Å². The van der Waals surface area contributed by atoms with Gasteiger partial charge in [-0.1, -0.05) is 0 Å². The van der Waals surface area contributed by atoms with Crippen molar-refractivity contribution in [1.82, 2.24) is 0 Å². The molecule has 0 saturated heterocycles. The first-order valence-electron chi connectivity index (χ1n) is 0.338. The van der Waals surface area contributed by atoms with Crippen molar-refractivity contribution in [3.05, 3.63) is 0 Å². The van der Waals surface area contributed by atoms with E-state index in [2.05, 4.69) is 23.7 Å². The molecule has 0 aromatic rings. The Morgan fingerprint density at radius 3 is 0.714 bits per heavy atom. The van der Waals surface area contributed by atoms with Gasteiger partial charge in [0.2, 0.25) is 0 Å². The summed E-state index contributed by atoms with van der Waals surface area (Å²) in [6, 6.07) is 0. The predicted molar refractivity (Wildman–Crippen MR) is 23.4 cm³/mol. The van der Waals surface area contributed by atoms with E-state index < -0.39 is 0 Å². The number of hydrogen-bond donors (Lipinski definition) is 2. The van der Waals surface area contributed by atoms with Gasteiger partial charge in [-0.25, -0.2) is 0 Å². The second kappa shape index (κ2) is 109. The third-order valence-corrected chi connectivity index (χ3v) is 0. The Hall–Kier alpha value is 1.83. The van der Waals surface area contributed by atoms with Crippen molar-refractivity contribution in [2.75, 3.05) is 0 Å². The molecule has 0 rings (SSSR count). The minimum atomic E-state index is 0. The van der Waals surface area contributed by atoms with Crippen LogP contribution in [0.15, 0.2) is 0 Å². The molecule has 0 aliphatic carbocycles. The van der Waals surface area contributed by atoms with Crippen LogP contribution in [0.1, 0.15) is 0 Å². The molecule has 0 aromatic heterocycles. The van der Waals surface area contributed by atoms with E-state index in [-0.39, 0.29) is 46.5 Å². The molecule has 0 aromatic carbocycles. The molecule has 2 radical (unpaired) electrons. The third-order valence-electron chi connectivity index (χ3n) is 0. The van der Waals surface area contributed by atoms with Gasteiger partial charge in [0.1, 0.15) is 0 Å². The van der Waals surface area contributed by atoms with Gasteiger partial charge in [0.15, 0.2) is 0 Å². The topological polar surface area (TPSA) is 40.5 Å². The summed E-state index contributed by atoms with van der Waals surface area (Å²) in [4.78, 5) is 0. The van der Waals surface area contributed by atoms with Gasteiger partial charge >= 0.3 is 0 Å². The fourth-order valence-corrected chi connectivity index (χ4v) is 0. The van der Waals surface area contributed by atoms with Gasteiger partial charge in [0.05, 0.1) is 23.7 Å². The Morgan fingerprint density at radius 2 is 0.714 bits per heavy atom. The quantitative estimate of drug-likeness (QED) is 0.634. The Kier molecular flexibility index (Phi) is 576. The van der Waals surface area contributed by atoms with Crippen molar-refractivity contribution in [2.45, 2.75) is 0 Å². The predicted octanol–water partition coefficient (Wildman–Crippen LogP) is 0.682. The fraction of sp³-hybridized carbons (Fsp3) is 0. The Morgan fingerprint density at radius 1 is 0.714 bits per heavy atom. The van der Waals surface area contributed by atoms with E-state index in [0.717, 1.165) is 0 Å². The van der Waals surface area contributed by atoms with Crippen LogP contribution in [-0.4, -0.2) is 9.32 Å². The molecule has 0 fully saturated rings. The summed E-state index contributed by atoms with van der Waals surface area (Å²) in [5.41, 5.74) is 0. The van der Waals surface area contributed by atoms with E-state index >= 15 is 0 Å². The molecule has 0 saturated carbocycles. The van der Waals surface area contributed by atoms with Crippen molar-refractivity contribution in [3.8, 4) is 0 Å². The third kappa shape index (κ3) is 79.5. The fourth-order valence-electron chi connectivity index (χ4n) is 0. The zero-order valence-electron chi connectivity index (χ0n) is 2.66. The van der Waals surface area contributed by atoms with Crippen LogP contribution in [0.5, 0.6) is 0 Å². The monoisotopic (exact) mass is 266 g/mol. The van der Waals surface area contributed by atoms with Crippen molar-refractivity contribution in [3.63, 3.8) is 0 Å². The van der Waals surface area contributed by atoms with Crippen molar-refractivity contribution < 1.29 is 43.5 Å². The van der Waals surface area contributed by atoms with E-state index in [1.54, 1.807) is 0 Å². The molecule has 0 unspecified atom stereocenters. The van der Waals surface area contributed by atoms with Crippen molar-refractivity contribution in [1.29, 1.82) is 0 Å². The molecule has 0 aliphatic rings. The van der Waals surface area contributed by atoms with Crippen molar-refractivity contribution >= 4 is 36.1 Å². The van der Waals surface area contributed by atoms with Crippen LogP contribution < -0.4 is 0 Å². The Bertz CT molecular complexity index is 10.9. The maximum absolute atomic E-state index is 6.47. The SMILES string of the molecule is Cl.OCl.OCl.[Cu].[Cu]. The minimum absolute atomic E-state index is 0. The largest absolute Gasteiger partial charge is 0.295 e. The van der Waals surface area contributed by atoms with Gasteiger partial charge in [-0.15, -0.1) is 12.4 Å². The normalized spacial score (nSPS) is 1.71. The zero-order chi connectivity index (χ0) is 4.00. The number of halogens is 3. The molecule has 0 amide bonds. The maximum Gasteiger partial charge on any atom is 0.0579 e. The second-order valence-corrected chi connectivity index (χ2v) is 0. The van der Waals surface area contributed by atoms with Gasteiger partial charge < -0.3 is 0 Å². The van der Waals surface area contributed by atoms with Crippen LogP contribution in [0, 0.1) is 0 Å².